The molecule has 2 aromatic carbocycles. The van der Waals surface area contributed by atoms with E-state index in [1.54, 1.807) is 12.1 Å². The molecule has 1 unspecified atom stereocenters. The van der Waals surface area contributed by atoms with Gasteiger partial charge in [0.25, 0.3) is 0 Å². The largest absolute Gasteiger partial charge is 0.351 e. The predicted octanol–water partition coefficient (Wildman–Crippen LogP) is 4.61. The second kappa shape index (κ2) is 7.91. The van der Waals surface area contributed by atoms with Crippen molar-refractivity contribution < 1.29 is 13.6 Å². The summed E-state index contributed by atoms with van der Waals surface area (Å²) in [7, 11) is -0.547. The lowest BCUT2D eigenvalue weighted by Gasteiger charge is -2.26. The summed E-state index contributed by atoms with van der Waals surface area (Å²) in [6, 6.07) is 17.0. The van der Waals surface area contributed by atoms with Gasteiger partial charge in [0.1, 0.15) is 5.78 Å². The lowest BCUT2D eigenvalue weighted by molar-refractivity contribution is 0.259. The molecule has 0 radical (unpaired) electrons. The fraction of sp³-hybridized carbons (Fsp3) is 0.250. The number of nitrogens with one attached hydrogen (secondary N) is 1. The van der Waals surface area contributed by atoms with E-state index in [2.05, 4.69) is 5.32 Å². The molecule has 0 saturated heterocycles. The van der Waals surface area contributed by atoms with E-state index in [4.69, 9.17) is 20.6 Å². The summed E-state index contributed by atoms with van der Waals surface area (Å²) in [4.78, 5) is 0. The van der Waals surface area contributed by atoms with Gasteiger partial charge in [-0.2, -0.15) is 0 Å². The minimum atomic E-state index is -3.32. The van der Waals surface area contributed by atoms with Crippen molar-refractivity contribution in [2.45, 2.75) is 12.3 Å². The Morgan fingerprint density at radius 3 is 2.18 bits per heavy atom. The third kappa shape index (κ3) is 4.19. The lowest BCUT2D eigenvalue weighted by Crippen LogP contribution is -2.22. The van der Waals surface area contributed by atoms with Crippen LogP contribution in [-0.4, -0.2) is 14.2 Å². The molecule has 1 atom stereocenters. The Bertz CT molecular complexity index is 626. The molecule has 0 spiro atoms. The highest BCUT2D eigenvalue weighted by Crippen LogP contribution is 2.58. The molecule has 0 bridgehead atoms. The molecule has 22 heavy (non-hydrogen) atoms. The predicted molar refractivity (Wildman–Crippen MR) is 89.1 cm³/mol. The van der Waals surface area contributed by atoms with Gasteiger partial charge in [0.05, 0.1) is 0 Å². The van der Waals surface area contributed by atoms with E-state index in [-0.39, 0.29) is 0 Å². The Morgan fingerprint density at radius 2 is 1.64 bits per heavy atom. The molecule has 0 fully saturated rings. The summed E-state index contributed by atoms with van der Waals surface area (Å²) in [6.45, 7) is 0.546. The van der Waals surface area contributed by atoms with Crippen LogP contribution in [0.25, 0.3) is 0 Å². The Morgan fingerprint density at radius 1 is 1.05 bits per heavy atom. The average Bonchev–Trinajstić information content (AvgIpc) is 2.57. The molecule has 118 valence electrons. The van der Waals surface area contributed by atoms with Crippen LogP contribution in [0.3, 0.4) is 0 Å². The fourth-order valence-electron chi connectivity index (χ4n) is 2.15. The molecule has 1 N–H and O–H groups in total. The van der Waals surface area contributed by atoms with Crippen molar-refractivity contribution in [3.63, 3.8) is 0 Å². The third-order valence-corrected chi connectivity index (χ3v) is 5.74. The van der Waals surface area contributed by atoms with E-state index >= 15 is 0 Å². The second-order valence-corrected chi connectivity index (χ2v) is 7.49. The van der Waals surface area contributed by atoms with Crippen molar-refractivity contribution in [3.8, 4) is 0 Å². The summed E-state index contributed by atoms with van der Waals surface area (Å²) in [5.74, 6) is -0.569. The first kappa shape index (κ1) is 17.2. The van der Waals surface area contributed by atoms with Crippen molar-refractivity contribution in [1.82, 2.24) is 5.32 Å². The zero-order valence-electron chi connectivity index (χ0n) is 12.5. The van der Waals surface area contributed by atoms with Crippen molar-refractivity contribution in [2.75, 3.05) is 14.2 Å². The van der Waals surface area contributed by atoms with Crippen LogP contribution in [0.5, 0.6) is 0 Å². The molecule has 2 rings (SSSR count). The van der Waals surface area contributed by atoms with E-state index in [1.807, 2.05) is 42.5 Å². The number of halogens is 1. The SMILES string of the molecule is COP(=O)(OC)C(NCc1ccccc1)c1ccc(Cl)cc1. The number of hydrogen-bond acceptors (Lipinski definition) is 4. The van der Waals surface area contributed by atoms with Gasteiger partial charge in [-0.1, -0.05) is 54.1 Å². The maximum absolute atomic E-state index is 12.8. The van der Waals surface area contributed by atoms with Crippen LogP contribution in [0.4, 0.5) is 0 Å². The van der Waals surface area contributed by atoms with Gasteiger partial charge in [0, 0.05) is 25.8 Å². The van der Waals surface area contributed by atoms with Crippen LogP contribution in [0.2, 0.25) is 5.02 Å². The molecule has 0 saturated carbocycles. The summed E-state index contributed by atoms with van der Waals surface area (Å²) in [5.41, 5.74) is 1.88. The topological polar surface area (TPSA) is 47.6 Å². The molecule has 0 heterocycles. The molecule has 4 nitrogen and oxygen atoms in total. The highest BCUT2D eigenvalue weighted by Gasteiger charge is 2.35. The van der Waals surface area contributed by atoms with Crippen LogP contribution in [-0.2, 0) is 20.2 Å². The smallest absolute Gasteiger partial charge is 0.311 e. The summed E-state index contributed by atoms with van der Waals surface area (Å²) in [6.07, 6.45) is 0. The van der Waals surface area contributed by atoms with Crippen LogP contribution in [0.15, 0.2) is 54.6 Å². The van der Waals surface area contributed by atoms with Gasteiger partial charge in [-0.15, -0.1) is 0 Å². The average molecular weight is 340 g/mol. The van der Waals surface area contributed by atoms with Crippen molar-refractivity contribution in [1.29, 1.82) is 0 Å². The summed E-state index contributed by atoms with van der Waals surface area (Å²) < 4.78 is 23.1. The Hall–Kier alpha value is -1.16. The highest BCUT2D eigenvalue weighted by molar-refractivity contribution is 7.54. The van der Waals surface area contributed by atoms with E-state index < -0.39 is 13.4 Å². The maximum Gasteiger partial charge on any atom is 0.351 e. The van der Waals surface area contributed by atoms with Crippen molar-refractivity contribution in [3.05, 3.63) is 70.7 Å². The van der Waals surface area contributed by atoms with E-state index in [0.29, 0.717) is 11.6 Å². The van der Waals surface area contributed by atoms with E-state index in [0.717, 1.165) is 11.1 Å². The minimum Gasteiger partial charge on any atom is -0.311 e. The second-order valence-electron chi connectivity index (χ2n) is 4.73. The highest BCUT2D eigenvalue weighted by atomic mass is 35.5. The zero-order valence-corrected chi connectivity index (χ0v) is 14.2. The van der Waals surface area contributed by atoms with Gasteiger partial charge in [0.2, 0.25) is 0 Å². The van der Waals surface area contributed by atoms with Gasteiger partial charge in [-0.25, -0.2) is 0 Å². The molecular weight excluding hydrogens is 321 g/mol. The van der Waals surface area contributed by atoms with E-state index in [1.165, 1.54) is 14.2 Å². The van der Waals surface area contributed by atoms with Crippen LogP contribution in [0, 0.1) is 0 Å². The van der Waals surface area contributed by atoms with Crippen LogP contribution < -0.4 is 5.32 Å². The third-order valence-electron chi connectivity index (χ3n) is 3.35. The first-order valence-corrected chi connectivity index (χ1v) is 8.82. The van der Waals surface area contributed by atoms with Gasteiger partial charge in [-0.3, -0.25) is 9.88 Å². The number of rotatable bonds is 7. The molecule has 2 aromatic rings. The standard InChI is InChI=1S/C16H19ClNO3P/c1-20-22(19,21-2)16(14-8-10-15(17)11-9-14)18-12-13-6-4-3-5-7-13/h3-11,16,18H,12H2,1-2H3. The van der Waals surface area contributed by atoms with Crippen molar-refractivity contribution in [2.24, 2.45) is 0 Å². The van der Waals surface area contributed by atoms with Gasteiger partial charge in [-0.05, 0) is 23.3 Å². The number of hydrogen-bond donors (Lipinski definition) is 1. The molecule has 0 aromatic heterocycles. The first-order chi connectivity index (χ1) is 10.6. The molecule has 6 heteroatoms. The number of benzene rings is 2. The molecule has 0 aliphatic carbocycles. The maximum atomic E-state index is 12.8. The quantitative estimate of drug-likeness (QED) is 0.748. The molecule has 0 aliphatic heterocycles. The molecular formula is C16H19ClNO3P. The van der Waals surface area contributed by atoms with Crippen LogP contribution in [0.1, 0.15) is 16.9 Å². The lowest BCUT2D eigenvalue weighted by atomic mass is 10.2. The first-order valence-electron chi connectivity index (χ1n) is 6.83. The van der Waals surface area contributed by atoms with Gasteiger partial charge >= 0.3 is 7.60 Å². The van der Waals surface area contributed by atoms with Gasteiger partial charge < -0.3 is 9.05 Å². The van der Waals surface area contributed by atoms with E-state index in [9.17, 15) is 4.57 Å². The normalized spacial score (nSPS) is 13.0. The fourth-order valence-corrected chi connectivity index (χ4v) is 3.70. The molecule has 0 aliphatic rings. The van der Waals surface area contributed by atoms with Crippen LogP contribution >= 0.6 is 19.2 Å². The zero-order chi connectivity index (χ0) is 16.0. The summed E-state index contributed by atoms with van der Waals surface area (Å²) in [5, 5.41) is 3.88. The minimum absolute atomic E-state index is 0.546. The van der Waals surface area contributed by atoms with Gasteiger partial charge in [0.15, 0.2) is 0 Å². The summed E-state index contributed by atoms with van der Waals surface area (Å²) >= 11 is 5.92. The Balaban J connectivity index is 2.25. The monoisotopic (exact) mass is 339 g/mol. The Kier molecular flexibility index (Phi) is 6.18. The Labute approximate surface area is 135 Å². The van der Waals surface area contributed by atoms with Crippen molar-refractivity contribution >= 4 is 19.2 Å². The molecule has 0 amide bonds.